The highest BCUT2D eigenvalue weighted by atomic mass is 19.3. The summed E-state index contributed by atoms with van der Waals surface area (Å²) < 4.78 is 89.5. The largest absolute Gasteiger partial charge is 0.508 e. The molecule has 1 N–H and O–H groups in total. The van der Waals surface area contributed by atoms with Crippen molar-refractivity contribution in [2.24, 2.45) is 18.4 Å². The number of benzene rings is 3. The lowest BCUT2D eigenvalue weighted by Gasteiger charge is -2.44. The second-order valence-corrected chi connectivity index (χ2v) is 16.1. The van der Waals surface area contributed by atoms with Crippen molar-refractivity contribution in [1.29, 1.82) is 0 Å². The highest BCUT2D eigenvalue weighted by Gasteiger charge is 2.72. The Hall–Kier alpha value is -4.78. The first-order valence-corrected chi connectivity index (χ1v) is 18.7. The van der Waals surface area contributed by atoms with Crippen molar-refractivity contribution in [2.75, 3.05) is 64.0 Å². The van der Waals surface area contributed by atoms with E-state index in [9.17, 15) is 18.3 Å². The molecule has 10 nitrogen and oxygen atoms in total. The molecule has 1 aliphatic carbocycles. The Balaban J connectivity index is 1.14. The monoisotopic (exact) mass is 759 g/mol. The Morgan fingerprint density at radius 3 is 2.44 bits per heavy atom. The number of aromatic nitrogens is 4. The standard InChI is InChI=1S/C40H38F5N7O3/c1-3-27-30(42)7-4-22-8-26(53)9-28(31(22)27)32-34(43)36-33(29-15-49(2)48-35(29)32)37(51-13-24-5-6-25(14-51)52(24)10-21-16-54-17-21)47-38(46-36)55-20-39(18-40(39,44)45)19-50-11-23(41)12-50/h1,4,7-9,15,21,23-25,53H,5-6,10-14,16-20H2,2H3/t24?,25?,39-/m1/s1. The molecule has 4 saturated heterocycles. The predicted octanol–water partition coefficient (Wildman–Crippen LogP) is 5.66. The van der Waals surface area contributed by atoms with Crippen molar-refractivity contribution in [3.8, 4) is 35.2 Å². The number of anilines is 1. The molecule has 2 bridgehead atoms. The zero-order chi connectivity index (χ0) is 38.0. The first kappa shape index (κ1) is 34.7. The maximum Gasteiger partial charge on any atom is 0.319 e. The number of likely N-dealkylation sites (tertiary alicyclic amines) is 1. The van der Waals surface area contributed by atoms with Crippen LogP contribution in [-0.2, 0) is 11.8 Å². The summed E-state index contributed by atoms with van der Waals surface area (Å²) in [6, 6.07) is 5.54. The highest BCUT2D eigenvalue weighted by Crippen LogP contribution is 2.61. The molecule has 55 heavy (non-hydrogen) atoms. The summed E-state index contributed by atoms with van der Waals surface area (Å²) >= 11 is 0. The van der Waals surface area contributed by atoms with E-state index >= 15 is 8.78 Å². The number of phenolic OH excluding ortho intramolecular Hbond substituents is 1. The zero-order valence-electron chi connectivity index (χ0n) is 30.0. The molecule has 0 amide bonds. The summed E-state index contributed by atoms with van der Waals surface area (Å²) in [6.45, 7) is 3.26. The van der Waals surface area contributed by atoms with Gasteiger partial charge in [-0.05, 0) is 42.0 Å². The van der Waals surface area contributed by atoms with Gasteiger partial charge in [-0.2, -0.15) is 15.1 Å². The quantitative estimate of drug-likeness (QED) is 0.151. The topological polar surface area (TPSA) is 92.0 Å². The van der Waals surface area contributed by atoms with Crippen molar-refractivity contribution in [3.05, 3.63) is 47.7 Å². The van der Waals surface area contributed by atoms with Gasteiger partial charge in [0.1, 0.15) is 41.2 Å². The van der Waals surface area contributed by atoms with E-state index in [-0.39, 0.29) is 76.6 Å². The number of piperazine rings is 1. The molecule has 3 aromatic carbocycles. The second kappa shape index (κ2) is 12.4. The molecule has 6 heterocycles. The summed E-state index contributed by atoms with van der Waals surface area (Å²) in [7, 11) is 1.69. The number of nitrogens with zero attached hydrogens (tertiary/aromatic N) is 7. The van der Waals surface area contributed by atoms with Gasteiger partial charge in [0.25, 0.3) is 5.92 Å². The molecule has 5 fully saturated rings. The van der Waals surface area contributed by atoms with E-state index in [1.807, 2.05) is 0 Å². The normalized spacial score (nSPS) is 25.4. The Kier molecular flexibility index (Phi) is 7.80. The van der Waals surface area contributed by atoms with Crippen LogP contribution in [0.15, 0.2) is 30.5 Å². The first-order chi connectivity index (χ1) is 26.4. The van der Waals surface area contributed by atoms with Gasteiger partial charge in [0, 0.05) is 93.3 Å². The Morgan fingerprint density at radius 2 is 1.78 bits per heavy atom. The van der Waals surface area contributed by atoms with Crippen LogP contribution < -0.4 is 9.64 Å². The lowest BCUT2D eigenvalue weighted by atomic mass is 9.91. The van der Waals surface area contributed by atoms with E-state index in [0.29, 0.717) is 41.0 Å². The SMILES string of the molecule is C#Cc1c(F)ccc2cc(O)cc(-c3c(F)c4nc(OC[C@]5(CN6CC(F)C6)CC5(F)F)nc(N5CC6CCC(C5)N6CC5COC5)c4c4cn(C)nc34)c12. The highest BCUT2D eigenvalue weighted by molar-refractivity contribution is 6.18. The van der Waals surface area contributed by atoms with Crippen LogP contribution in [0.4, 0.5) is 27.8 Å². The molecule has 0 radical (unpaired) electrons. The van der Waals surface area contributed by atoms with E-state index in [0.717, 1.165) is 32.6 Å². The van der Waals surface area contributed by atoms with Crippen molar-refractivity contribution in [3.63, 3.8) is 0 Å². The van der Waals surface area contributed by atoms with Gasteiger partial charge in [-0.1, -0.05) is 12.0 Å². The smallest absolute Gasteiger partial charge is 0.319 e. The molecule has 2 aromatic heterocycles. The number of aromatic hydroxyl groups is 1. The fraction of sp³-hybridized carbons (Fsp3) is 0.475. The molecular formula is C40H38F5N7O3. The van der Waals surface area contributed by atoms with Crippen molar-refractivity contribution in [1.82, 2.24) is 29.5 Å². The molecule has 0 spiro atoms. The van der Waals surface area contributed by atoms with Crippen LogP contribution in [0.3, 0.4) is 0 Å². The fourth-order valence-electron chi connectivity index (χ4n) is 9.39. The third-order valence-electron chi connectivity index (χ3n) is 12.3. The minimum atomic E-state index is -3.03. The summed E-state index contributed by atoms with van der Waals surface area (Å²) in [5, 5.41) is 17.0. The van der Waals surface area contributed by atoms with Crippen LogP contribution >= 0.6 is 0 Å². The van der Waals surface area contributed by atoms with E-state index in [1.54, 1.807) is 18.1 Å². The van der Waals surface area contributed by atoms with Gasteiger partial charge in [-0.3, -0.25) is 14.5 Å². The zero-order valence-corrected chi connectivity index (χ0v) is 30.0. The Labute approximate surface area is 312 Å². The lowest BCUT2D eigenvalue weighted by Crippen LogP contribution is -2.56. The van der Waals surface area contributed by atoms with Crippen LogP contribution in [0.5, 0.6) is 11.8 Å². The van der Waals surface area contributed by atoms with Gasteiger partial charge >= 0.3 is 6.01 Å². The Morgan fingerprint density at radius 1 is 1.04 bits per heavy atom. The van der Waals surface area contributed by atoms with E-state index in [4.69, 9.17) is 20.9 Å². The molecular weight excluding hydrogens is 721 g/mol. The number of hydrogen-bond acceptors (Lipinski definition) is 9. The number of fused-ring (bicyclic) bond motifs is 6. The van der Waals surface area contributed by atoms with Gasteiger partial charge < -0.3 is 19.5 Å². The molecule has 15 heteroatoms. The van der Waals surface area contributed by atoms with E-state index in [2.05, 4.69) is 25.8 Å². The fourth-order valence-corrected chi connectivity index (χ4v) is 9.39. The summed E-state index contributed by atoms with van der Waals surface area (Å²) in [4.78, 5) is 15.7. The van der Waals surface area contributed by atoms with E-state index < -0.39 is 42.2 Å². The lowest BCUT2D eigenvalue weighted by molar-refractivity contribution is -0.0538. The van der Waals surface area contributed by atoms with E-state index in [1.165, 1.54) is 28.9 Å². The maximum atomic E-state index is 17.7. The van der Waals surface area contributed by atoms with Crippen molar-refractivity contribution < 1.29 is 36.5 Å². The van der Waals surface area contributed by atoms with Crippen LogP contribution in [0.25, 0.3) is 43.7 Å². The summed E-state index contributed by atoms with van der Waals surface area (Å²) in [6.07, 6.45) is 8.00. The third-order valence-corrected chi connectivity index (χ3v) is 12.3. The maximum absolute atomic E-state index is 17.7. The number of phenols is 1. The van der Waals surface area contributed by atoms with Crippen molar-refractivity contribution >= 4 is 38.4 Å². The summed E-state index contributed by atoms with van der Waals surface area (Å²) in [5.74, 6) is -1.51. The van der Waals surface area contributed by atoms with Gasteiger partial charge in [-0.25, -0.2) is 22.0 Å². The number of aryl methyl sites for hydroxylation is 1. The Bertz CT molecular complexity index is 2430. The number of hydrogen-bond donors (Lipinski definition) is 1. The van der Waals surface area contributed by atoms with Crippen LogP contribution in [0.2, 0.25) is 0 Å². The molecule has 5 aromatic rings. The van der Waals surface area contributed by atoms with Gasteiger partial charge in [0.05, 0.1) is 29.6 Å². The molecule has 3 atom stereocenters. The molecule has 286 valence electrons. The molecule has 2 unspecified atom stereocenters. The number of alkyl halides is 3. The van der Waals surface area contributed by atoms with Gasteiger partial charge in [0.15, 0.2) is 5.82 Å². The predicted molar refractivity (Wildman–Crippen MR) is 195 cm³/mol. The third kappa shape index (κ3) is 5.50. The molecule has 4 aliphatic heterocycles. The molecule has 1 saturated carbocycles. The number of halogens is 5. The first-order valence-electron chi connectivity index (χ1n) is 18.7. The average Bonchev–Trinajstić information content (AvgIpc) is 3.29. The second-order valence-electron chi connectivity index (χ2n) is 16.1. The molecule has 5 aliphatic rings. The van der Waals surface area contributed by atoms with Crippen LogP contribution in [0, 0.1) is 35.3 Å². The number of terminal acetylenes is 1. The minimum absolute atomic E-state index is 0.0499. The van der Waals surface area contributed by atoms with Gasteiger partial charge in [0.2, 0.25) is 0 Å². The number of rotatable bonds is 9. The minimum Gasteiger partial charge on any atom is -0.508 e. The molecule has 10 rings (SSSR count). The van der Waals surface area contributed by atoms with Crippen LogP contribution in [-0.4, -0.2) is 118 Å². The van der Waals surface area contributed by atoms with Crippen molar-refractivity contribution in [2.45, 2.75) is 43.4 Å². The van der Waals surface area contributed by atoms with Crippen LogP contribution in [0.1, 0.15) is 24.8 Å². The van der Waals surface area contributed by atoms with Gasteiger partial charge in [-0.15, -0.1) is 6.42 Å². The number of ether oxygens (including phenoxy) is 2. The average molecular weight is 760 g/mol. The summed E-state index contributed by atoms with van der Waals surface area (Å²) in [5.41, 5.74) is -1.56.